The molecule has 0 bridgehead atoms. The van der Waals surface area contributed by atoms with Crippen LogP contribution < -0.4 is 10.2 Å². The largest absolute Gasteiger partial charge is 0.481 e. The van der Waals surface area contributed by atoms with E-state index in [0.29, 0.717) is 38.0 Å². The molecule has 1 aliphatic carbocycles. The molecule has 0 unspecified atom stereocenters. The summed E-state index contributed by atoms with van der Waals surface area (Å²) in [6.07, 6.45) is 5.12. The van der Waals surface area contributed by atoms with Crippen LogP contribution in [0.15, 0.2) is 18.5 Å². The van der Waals surface area contributed by atoms with Gasteiger partial charge in [-0.15, -0.1) is 0 Å². The summed E-state index contributed by atoms with van der Waals surface area (Å²) in [6, 6.07) is 1.76. The molecule has 1 aromatic rings. The summed E-state index contributed by atoms with van der Waals surface area (Å²) < 4.78 is 5.33. The van der Waals surface area contributed by atoms with E-state index in [1.807, 2.05) is 6.07 Å². The van der Waals surface area contributed by atoms with Crippen LogP contribution >= 0.6 is 0 Å². The molecule has 2 aliphatic rings. The predicted octanol–water partition coefficient (Wildman–Crippen LogP) is 0.901. The number of nitrogens with zero attached hydrogens (tertiary/aromatic N) is 2. The summed E-state index contributed by atoms with van der Waals surface area (Å²) >= 11 is 0. The number of morpholine rings is 1. The van der Waals surface area contributed by atoms with Crippen LogP contribution in [-0.4, -0.2) is 54.3 Å². The van der Waals surface area contributed by atoms with E-state index in [1.165, 1.54) is 0 Å². The molecule has 0 spiro atoms. The van der Waals surface area contributed by atoms with Crippen LogP contribution in [0, 0.1) is 5.92 Å². The molecule has 0 aromatic carbocycles. The maximum Gasteiger partial charge on any atom is 0.306 e. The summed E-state index contributed by atoms with van der Waals surface area (Å²) in [5.41, 5.74) is 1.42. The van der Waals surface area contributed by atoms with E-state index in [9.17, 15) is 9.59 Å². The Balaban J connectivity index is 1.62. The fourth-order valence-electron chi connectivity index (χ4n) is 3.15. The molecule has 1 aromatic heterocycles. The van der Waals surface area contributed by atoms with Crippen molar-refractivity contribution >= 4 is 17.6 Å². The third-order valence-corrected chi connectivity index (χ3v) is 4.48. The van der Waals surface area contributed by atoms with Crippen LogP contribution in [0.3, 0.4) is 0 Å². The van der Waals surface area contributed by atoms with Crippen molar-refractivity contribution in [2.75, 3.05) is 31.2 Å². The van der Waals surface area contributed by atoms with Crippen molar-refractivity contribution in [2.24, 2.45) is 5.92 Å². The number of carboxylic acid groups (broad SMARTS) is 1. The van der Waals surface area contributed by atoms with E-state index in [2.05, 4.69) is 15.2 Å². The second kappa shape index (κ2) is 6.95. The van der Waals surface area contributed by atoms with E-state index in [1.54, 1.807) is 12.4 Å². The molecule has 1 saturated carbocycles. The van der Waals surface area contributed by atoms with Gasteiger partial charge in [0.05, 0.1) is 36.6 Å². The van der Waals surface area contributed by atoms with Crippen LogP contribution in [0.25, 0.3) is 0 Å². The predicted molar refractivity (Wildman–Crippen MR) is 83.5 cm³/mol. The molecule has 2 N–H and O–H groups in total. The number of hydrogen-bond acceptors (Lipinski definition) is 5. The molecule has 2 atom stereocenters. The lowest BCUT2D eigenvalue weighted by Gasteiger charge is -2.28. The van der Waals surface area contributed by atoms with Gasteiger partial charge in [0, 0.05) is 25.3 Å². The van der Waals surface area contributed by atoms with Crippen molar-refractivity contribution in [3.8, 4) is 0 Å². The number of anilines is 1. The Hall–Kier alpha value is -2.15. The molecule has 0 radical (unpaired) electrons. The highest BCUT2D eigenvalue weighted by Crippen LogP contribution is 2.26. The molecule has 1 amide bonds. The first-order chi connectivity index (χ1) is 11.1. The SMILES string of the molecule is O=C(N[C@@H]1CC[C@H](C(=O)O)C1)c1cncc(N2CCOCC2)c1. The lowest BCUT2D eigenvalue weighted by molar-refractivity contribution is -0.141. The molecule has 3 rings (SSSR count). The molecule has 2 fully saturated rings. The number of carbonyl (C=O) groups is 2. The number of nitrogens with one attached hydrogen (secondary N) is 1. The van der Waals surface area contributed by atoms with Gasteiger partial charge in [-0.1, -0.05) is 0 Å². The topological polar surface area (TPSA) is 91.8 Å². The van der Waals surface area contributed by atoms with Gasteiger partial charge in [0.2, 0.25) is 0 Å². The van der Waals surface area contributed by atoms with E-state index < -0.39 is 5.97 Å². The van der Waals surface area contributed by atoms with Gasteiger partial charge in [-0.2, -0.15) is 0 Å². The van der Waals surface area contributed by atoms with Gasteiger partial charge in [-0.05, 0) is 25.3 Å². The van der Waals surface area contributed by atoms with E-state index >= 15 is 0 Å². The Morgan fingerprint density at radius 1 is 1.26 bits per heavy atom. The Morgan fingerprint density at radius 3 is 2.74 bits per heavy atom. The summed E-state index contributed by atoms with van der Waals surface area (Å²) in [7, 11) is 0. The number of ether oxygens (including phenoxy) is 1. The number of carboxylic acids is 1. The van der Waals surface area contributed by atoms with Gasteiger partial charge in [0.15, 0.2) is 0 Å². The van der Waals surface area contributed by atoms with Gasteiger partial charge in [0.25, 0.3) is 5.91 Å². The zero-order valence-electron chi connectivity index (χ0n) is 12.9. The van der Waals surface area contributed by atoms with E-state index in [4.69, 9.17) is 9.84 Å². The Kier molecular flexibility index (Phi) is 4.76. The third-order valence-electron chi connectivity index (χ3n) is 4.48. The van der Waals surface area contributed by atoms with Crippen molar-refractivity contribution in [1.82, 2.24) is 10.3 Å². The van der Waals surface area contributed by atoms with Gasteiger partial charge in [0.1, 0.15) is 0 Å². The van der Waals surface area contributed by atoms with Crippen molar-refractivity contribution in [3.63, 3.8) is 0 Å². The molecule has 1 aliphatic heterocycles. The Morgan fingerprint density at radius 2 is 2.04 bits per heavy atom. The number of hydrogen-bond donors (Lipinski definition) is 2. The van der Waals surface area contributed by atoms with Crippen LogP contribution in [0.5, 0.6) is 0 Å². The minimum atomic E-state index is -0.780. The quantitative estimate of drug-likeness (QED) is 0.857. The number of aromatic nitrogens is 1. The smallest absolute Gasteiger partial charge is 0.306 e. The molecular weight excluding hydrogens is 298 g/mol. The fourth-order valence-corrected chi connectivity index (χ4v) is 3.15. The Labute approximate surface area is 134 Å². The number of carbonyl (C=O) groups excluding carboxylic acids is 1. The van der Waals surface area contributed by atoms with Gasteiger partial charge < -0.3 is 20.1 Å². The second-order valence-corrected chi connectivity index (χ2v) is 6.05. The minimum absolute atomic E-state index is 0.0735. The first-order valence-corrected chi connectivity index (χ1v) is 7.95. The van der Waals surface area contributed by atoms with Crippen LogP contribution in [0.2, 0.25) is 0 Å². The standard InChI is InChI=1S/C16H21N3O4/c20-15(18-13-2-1-11(7-13)16(21)22)12-8-14(10-17-9-12)19-3-5-23-6-4-19/h8-11,13H,1-7H2,(H,18,20)(H,21,22)/t11-,13+/m0/s1. The van der Waals surface area contributed by atoms with Crippen molar-refractivity contribution < 1.29 is 19.4 Å². The zero-order valence-corrected chi connectivity index (χ0v) is 12.9. The maximum absolute atomic E-state index is 12.4. The number of pyridine rings is 1. The molecule has 1 saturated heterocycles. The average molecular weight is 319 g/mol. The average Bonchev–Trinajstić information content (AvgIpc) is 3.04. The van der Waals surface area contributed by atoms with Crippen LogP contribution in [0.4, 0.5) is 5.69 Å². The molecule has 7 heteroatoms. The first kappa shape index (κ1) is 15.7. The van der Waals surface area contributed by atoms with E-state index in [-0.39, 0.29) is 17.9 Å². The second-order valence-electron chi connectivity index (χ2n) is 6.05. The highest BCUT2D eigenvalue weighted by molar-refractivity contribution is 5.95. The number of aliphatic carboxylic acids is 1. The molecule has 23 heavy (non-hydrogen) atoms. The maximum atomic E-state index is 12.4. The lowest BCUT2D eigenvalue weighted by atomic mass is 10.1. The minimum Gasteiger partial charge on any atom is -0.481 e. The number of rotatable bonds is 4. The molecule has 124 valence electrons. The summed E-state index contributed by atoms with van der Waals surface area (Å²) in [5, 5.41) is 11.9. The van der Waals surface area contributed by atoms with E-state index in [0.717, 1.165) is 18.8 Å². The van der Waals surface area contributed by atoms with Crippen molar-refractivity contribution in [2.45, 2.75) is 25.3 Å². The van der Waals surface area contributed by atoms with Crippen molar-refractivity contribution in [3.05, 3.63) is 24.0 Å². The van der Waals surface area contributed by atoms with Gasteiger partial charge >= 0.3 is 5.97 Å². The summed E-state index contributed by atoms with van der Waals surface area (Å²) in [6.45, 7) is 2.93. The molecular formula is C16H21N3O4. The fraction of sp³-hybridized carbons (Fsp3) is 0.562. The highest BCUT2D eigenvalue weighted by Gasteiger charge is 2.30. The zero-order chi connectivity index (χ0) is 16.2. The molecule has 7 nitrogen and oxygen atoms in total. The normalized spacial score (nSPS) is 24.4. The highest BCUT2D eigenvalue weighted by atomic mass is 16.5. The van der Waals surface area contributed by atoms with Crippen LogP contribution in [0.1, 0.15) is 29.6 Å². The summed E-state index contributed by atoms with van der Waals surface area (Å²) in [5.74, 6) is -1.32. The monoisotopic (exact) mass is 319 g/mol. The van der Waals surface area contributed by atoms with Crippen LogP contribution in [-0.2, 0) is 9.53 Å². The Bertz CT molecular complexity index is 586. The lowest BCUT2D eigenvalue weighted by Crippen LogP contribution is -2.37. The van der Waals surface area contributed by atoms with Crippen molar-refractivity contribution in [1.29, 1.82) is 0 Å². The summed E-state index contributed by atoms with van der Waals surface area (Å²) in [4.78, 5) is 29.7. The third kappa shape index (κ3) is 3.79. The first-order valence-electron chi connectivity index (χ1n) is 7.95. The van der Waals surface area contributed by atoms with Gasteiger partial charge in [-0.3, -0.25) is 14.6 Å². The van der Waals surface area contributed by atoms with Gasteiger partial charge in [-0.25, -0.2) is 0 Å². The molecule has 2 heterocycles. The number of amides is 1.